The standard InChI is InChI=1S/C18H18ClN5O/c1-3-25-16-7-5-4-6-14(16)22-18-23-17(11-20-24-18)21-15-10-13(19)9-8-12(15)2/h4-11H,3H2,1-2H3,(H2,21,22,23,24). The van der Waals surface area contributed by atoms with Crippen LogP contribution in [0, 0.1) is 6.92 Å². The van der Waals surface area contributed by atoms with Crippen molar-refractivity contribution >= 4 is 34.7 Å². The third-order valence-electron chi connectivity index (χ3n) is 3.45. The molecule has 1 heterocycles. The molecular weight excluding hydrogens is 338 g/mol. The molecule has 0 saturated heterocycles. The van der Waals surface area contributed by atoms with E-state index in [0.717, 1.165) is 22.7 Å². The minimum absolute atomic E-state index is 0.372. The van der Waals surface area contributed by atoms with Crippen molar-refractivity contribution in [2.24, 2.45) is 0 Å². The monoisotopic (exact) mass is 355 g/mol. The number of hydrogen-bond donors (Lipinski definition) is 2. The molecule has 0 unspecified atom stereocenters. The molecule has 0 amide bonds. The van der Waals surface area contributed by atoms with Crippen molar-refractivity contribution in [2.45, 2.75) is 13.8 Å². The van der Waals surface area contributed by atoms with Gasteiger partial charge < -0.3 is 15.4 Å². The molecule has 0 aliphatic rings. The number of para-hydroxylation sites is 2. The predicted molar refractivity (Wildman–Crippen MR) is 100 cm³/mol. The molecule has 0 spiro atoms. The van der Waals surface area contributed by atoms with Crippen molar-refractivity contribution in [2.75, 3.05) is 17.2 Å². The molecule has 2 aromatic carbocycles. The van der Waals surface area contributed by atoms with Gasteiger partial charge in [-0.05, 0) is 43.7 Å². The summed E-state index contributed by atoms with van der Waals surface area (Å²) in [5.41, 5.74) is 2.70. The Bertz CT molecular complexity index is 872. The fourth-order valence-electron chi connectivity index (χ4n) is 2.26. The molecule has 0 atom stereocenters. The van der Waals surface area contributed by atoms with Crippen LogP contribution in [0.15, 0.2) is 48.7 Å². The lowest BCUT2D eigenvalue weighted by Crippen LogP contribution is -2.04. The van der Waals surface area contributed by atoms with Crippen molar-refractivity contribution in [3.05, 3.63) is 59.2 Å². The van der Waals surface area contributed by atoms with Gasteiger partial charge in [-0.3, -0.25) is 0 Å². The van der Waals surface area contributed by atoms with Crippen molar-refractivity contribution in [3.8, 4) is 5.75 Å². The molecule has 0 aliphatic carbocycles. The van der Waals surface area contributed by atoms with Gasteiger partial charge in [-0.2, -0.15) is 10.1 Å². The summed E-state index contributed by atoms with van der Waals surface area (Å²) >= 11 is 6.05. The van der Waals surface area contributed by atoms with Crippen molar-refractivity contribution < 1.29 is 4.74 Å². The van der Waals surface area contributed by atoms with Gasteiger partial charge in [-0.25, -0.2) is 0 Å². The number of hydrogen-bond acceptors (Lipinski definition) is 6. The third-order valence-corrected chi connectivity index (χ3v) is 3.69. The summed E-state index contributed by atoms with van der Waals surface area (Å²) in [6.45, 7) is 4.50. The summed E-state index contributed by atoms with van der Waals surface area (Å²) in [5.74, 6) is 1.67. The fraction of sp³-hybridized carbons (Fsp3) is 0.167. The molecule has 6 nitrogen and oxygen atoms in total. The molecule has 0 radical (unpaired) electrons. The van der Waals surface area contributed by atoms with Gasteiger partial charge in [0.15, 0.2) is 5.82 Å². The maximum Gasteiger partial charge on any atom is 0.249 e. The van der Waals surface area contributed by atoms with E-state index in [1.54, 1.807) is 6.20 Å². The van der Waals surface area contributed by atoms with E-state index in [0.29, 0.717) is 23.4 Å². The van der Waals surface area contributed by atoms with E-state index in [2.05, 4.69) is 25.8 Å². The molecule has 0 aliphatic heterocycles. The highest BCUT2D eigenvalue weighted by Crippen LogP contribution is 2.27. The van der Waals surface area contributed by atoms with Gasteiger partial charge in [0.05, 0.1) is 18.5 Å². The highest BCUT2D eigenvalue weighted by molar-refractivity contribution is 6.30. The summed E-state index contributed by atoms with van der Waals surface area (Å²) in [5, 5.41) is 15.0. The zero-order chi connectivity index (χ0) is 17.6. The first kappa shape index (κ1) is 17.0. The topological polar surface area (TPSA) is 72.0 Å². The first-order valence-corrected chi connectivity index (χ1v) is 8.25. The van der Waals surface area contributed by atoms with E-state index >= 15 is 0 Å². The lowest BCUT2D eigenvalue weighted by atomic mass is 10.2. The molecule has 1 aromatic heterocycles. The number of benzene rings is 2. The van der Waals surface area contributed by atoms with E-state index in [4.69, 9.17) is 16.3 Å². The number of ether oxygens (including phenoxy) is 1. The molecule has 3 aromatic rings. The van der Waals surface area contributed by atoms with Crippen LogP contribution in [0.5, 0.6) is 5.75 Å². The second kappa shape index (κ2) is 7.81. The summed E-state index contributed by atoms with van der Waals surface area (Å²) in [6, 6.07) is 13.2. The summed E-state index contributed by atoms with van der Waals surface area (Å²) in [7, 11) is 0. The average molecular weight is 356 g/mol. The number of aromatic nitrogens is 3. The van der Waals surface area contributed by atoms with E-state index < -0.39 is 0 Å². The normalized spacial score (nSPS) is 10.4. The van der Waals surface area contributed by atoms with Crippen LogP contribution >= 0.6 is 11.6 Å². The Morgan fingerprint density at radius 3 is 2.76 bits per heavy atom. The van der Waals surface area contributed by atoms with Gasteiger partial charge in [0.25, 0.3) is 0 Å². The van der Waals surface area contributed by atoms with Crippen LogP contribution in [0.1, 0.15) is 12.5 Å². The Morgan fingerprint density at radius 1 is 1.08 bits per heavy atom. The zero-order valence-electron chi connectivity index (χ0n) is 14.0. The van der Waals surface area contributed by atoms with Gasteiger partial charge >= 0.3 is 0 Å². The van der Waals surface area contributed by atoms with Crippen LogP contribution in [-0.2, 0) is 0 Å². The van der Waals surface area contributed by atoms with Gasteiger partial charge in [0.2, 0.25) is 5.95 Å². The Hall–Kier alpha value is -2.86. The second-order valence-electron chi connectivity index (χ2n) is 5.30. The smallest absolute Gasteiger partial charge is 0.249 e. The van der Waals surface area contributed by atoms with E-state index in [-0.39, 0.29) is 0 Å². The lowest BCUT2D eigenvalue weighted by Gasteiger charge is -2.12. The molecule has 7 heteroatoms. The summed E-state index contributed by atoms with van der Waals surface area (Å²) < 4.78 is 5.60. The van der Waals surface area contributed by atoms with Crippen LogP contribution < -0.4 is 15.4 Å². The van der Waals surface area contributed by atoms with Crippen molar-refractivity contribution in [3.63, 3.8) is 0 Å². The minimum atomic E-state index is 0.372. The molecule has 128 valence electrons. The highest BCUT2D eigenvalue weighted by Gasteiger charge is 2.07. The molecule has 3 rings (SSSR count). The predicted octanol–water partition coefficient (Wildman–Crippen LogP) is 4.72. The third kappa shape index (κ3) is 4.36. The summed E-state index contributed by atoms with van der Waals surface area (Å²) in [4.78, 5) is 4.44. The van der Waals surface area contributed by atoms with Gasteiger partial charge in [-0.15, -0.1) is 5.10 Å². The fourth-order valence-corrected chi connectivity index (χ4v) is 2.43. The zero-order valence-corrected chi connectivity index (χ0v) is 14.7. The van der Waals surface area contributed by atoms with Crippen LogP contribution in [0.4, 0.5) is 23.1 Å². The SMILES string of the molecule is CCOc1ccccc1Nc1nncc(Nc2cc(Cl)ccc2C)n1. The second-order valence-corrected chi connectivity index (χ2v) is 5.74. The van der Waals surface area contributed by atoms with Crippen LogP contribution in [-0.4, -0.2) is 21.8 Å². The van der Waals surface area contributed by atoms with Crippen LogP contribution in [0.2, 0.25) is 5.02 Å². The Balaban J connectivity index is 1.81. The van der Waals surface area contributed by atoms with Gasteiger partial charge in [0, 0.05) is 10.7 Å². The largest absolute Gasteiger partial charge is 0.492 e. The summed E-state index contributed by atoms with van der Waals surface area (Å²) in [6.07, 6.45) is 1.56. The molecule has 0 bridgehead atoms. The molecule has 0 saturated carbocycles. The van der Waals surface area contributed by atoms with Gasteiger partial charge in [0.1, 0.15) is 5.75 Å². The maximum atomic E-state index is 6.05. The Labute approximate surface area is 151 Å². The average Bonchev–Trinajstić information content (AvgIpc) is 2.60. The van der Waals surface area contributed by atoms with Crippen LogP contribution in [0.3, 0.4) is 0 Å². The lowest BCUT2D eigenvalue weighted by molar-refractivity contribution is 0.342. The molecular formula is C18H18ClN5O. The number of nitrogens with zero attached hydrogens (tertiary/aromatic N) is 3. The number of rotatable bonds is 6. The molecule has 2 N–H and O–H groups in total. The molecule has 25 heavy (non-hydrogen) atoms. The Morgan fingerprint density at radius 2 is 1.92 bits per heavy atom. The minimum Gasteiger partial charge on any atom is -0.492 e. The van der Waals surface area contributed by atoms with E-state index in [9.17, 15) is 0 Å². The Kier molecular flexibility index (Phi) is 5.30. The first-order valence-electron chi connectivity index (χ1n) is 7.87. The molecule has 0 fully saturated rings. The first-order chi connectivity index (χ1) is 12.2. The number of aryl methyl sites for hydroxylation is 1. The van der Waals surface area contributed by atoms with Gasteiger partial charge in [-0.1, -0.05) is 29.8 Å². The van der Waals surface area contributed by atoms with Crippen molar-refractivity contribution in [1.82, 2.24) is 15.2 Å². The number of nitrogens with one attached hydrogen (secondary N) is 2. The number of halogens is 1. The van der Waals surface area contributed by atoms with Crippen LogP contribution in [0.25, 0.3) is 0 Å². The quantitative estimate of drug-likeness (QED) is 0.666. The number of anilines is 4. The van der Waals surface area contributed by atoms with E-state index in [1.807, 2.05) is 56.3 Å². The highest BCUT2D eigenvalue weighted by atomic mass is 35.5. The van der Waals surface area contributed by atoms with E-state index in [1.165, 1.54) is 0 Å². The maximum absolute atomic E-state index is 6.05. The van der Waals surface area contributed by atoms with Crippen molar-refractivity contribution in [1.29, 1.82) is 0 Å².